The standard InChI is InChI=1S/C23H27F3N4O4/c1-14-12-34-22(28-14)29-20(31)19-18(5-2-10-27-19)33-13-17-4-3-11-30(17)21(32)15-6-8-16(9-7-15)23(24,25)26/h2,5,10,12,15-17H,3-4,6-9,11,13H2,1H3,(H,28,29,31)/t15-,16-,17-/m1/s1. The van der Waals surface area contributed by atoms with Crippen molar-refractivity contribution in [3.05, 3.63) is 36.0 Å². The zero-order chi connectivity index (χ0) is 24.3. The van der Waals surface area contributed by atoms with E-state index >= 15 is 0 Å². The molecule has 1 aliphatic carbocycles. The van der Waals surface area contributed by atoms with Crippen LogP contribution in [0, 0.1) is 18.8 Å². The van der Waals surface area contributed by atoms with Crippen LogP contribution in [0.5, 0.6) is 5.75 Å². The zero-order valence-corrected chi connectivity index (χ0v) is 18.8. The van der Waals surface area contributed by atoms with Crippen LogP contribution in [0.15, 0.2) is 29.0 Å². The first kappa shape index (κ1) is 24.0. The van der Waals surface area contributed by atoms with Gasteiger partial charge in [-0.15, -0.1) is 0 Å². The van der Waals surface area contributed by atoms with Gasteiger partial charge in [0.1, 0.15) is 12.9 Å². The highest BCUT2D eigenvalue weighted by atomic mass is 19.4. The highest BCUT2D eigenvalue weighted by Gasteiger charge is 2.44. The number of pyridine rings is 1. The van der Waals surface area contributed by atoms with Crippen molar-refractivity contribution in [3.8, 4) is 5.75 Å². The summed E-state index contributed by atoms with van der Waals surface area (Å²) in [5, 5.41) is 2.53. The smallest absolute Gasteiger partial charge is 0.391 e. The molecule has 2 amide bonds. The first-order chi connectivity index (χ1) is 16.2. The summed E-state index contributed by atoms with van der Waals surface area (Å²) in [5.41, 5.74) is 0.672. The van der Waals surface area contributed by atoms with Crippen molar-refractivity contribution in [2.45, 2.75) is 57.7 Å². The third kappa shape index (κ3) is 5.51. The van der Waals surface area contributed by atoms with Crippen molar-refractivity contribution in [2.24, 2.45) is 11.8 Å². The van der Waals surface area contributed by atoms with E-state index in [0.29, 0.717) is 12.2 Å². The van der Waals surface area contributed by atoms with Crippen LogP contribution < -0.4 is 10.1 Å². The Hall–Kier alpha value is -3.11. The molecule has 1 saturated carbocycles. The van der Waals surface area contributed by atoms with E-state index in [1.54, 1.807) is 24.0 Å². The second-order valence-corrected chi connectivity index (χ2v) is 8.83. The van der Waals surface area contributed by atoms with Crippen molar-refractivity contribution < 1.29 is 31.9 Å². The van der Waals surface area contributed by atoms with E-state index in [1.165, 1.54) is 12.5 Å². The number of carbonyl (C=O) groups is 2. The minimum absolute atomic E-state index is 0.00683. The average Bonchev–Trinajstić information content (AvgIpc) is 3.45. The summed E-state index contributed by atoms with van der Waals surface area (Å²) in [4.78, 5) is 35.5. The number of carbonyl (C=O) groups excluding carboxylic acids is 2. The Kier molecular flexibility index (Phi) is 7.08. The van der Waals surface area contributed by atoms with E-state index in [-0.39, 0.29) is 67.6 Å². The summed E-state index contributed by atoms with van der Waals surface area (Å²) >= 11 is 0. The number of aromatic nitrogens is 2. The molecular formula is C23H27F3N4O4. The molecular weight excluding hydrogens is 453 g/mol. The normalized spacial score (nSPS) is 23.1. The van der Waals surface area contributed by atoms with Gasteiger partial charge < -0.3 is 14.1 Å². The minimum atomic E-state index is -4.20. The molecule has 34 heavy (non-hydrogen) atoms. The second kappa shape index (κ2) is 10.0. The molecule has 1 N–H and O–H groups in total. The summed E-state index contributed by atoms with van der Waals surface area (Å²) in [6.45, 7) is 2.44. The monoisotopic (exact) mass is 480 g/mol. The summed E-state index contributed by atoms with van der Waals surface area (Å²) in [6.07, 6.45) is 0.680. The Labute approximate surface area is 194 Å². The molecule has 2 fully saturated rings. The molecule has 11 heteroatoms. The summed E-state index contributed by atoms with van der Waals surface area (Å²) < 4.78 is 49.9. The molecule has 2 aromatic rings. The van der Waals surface area contributed by atoms with Crippen molar-refractivity contribution >= 4 is 17.8 Å². The van der Waals surface area contributed by atoms with E-state index in [1.807, 2.05) is 0 Å². The lowest BCUT2D eigenvalue weighted by Crippen LogP contribution is -2.44. The van der Waals surface area contributed by atoms with Crippen LogP contribution >= 0.6 is 0 Å². The summed E-state index contributed by atoms with van der Waals surface area (Å²) in [6, 6.07) is 3.09. The highest BCUT2D eigenvalue weighted by molar-refractivity contribution is 6.03. The minimum Gasteiger partial charge on any atom is -0.489 e. The van der Waals surface area contributed by atoms with Gasteiger partial charge in [0, 0.05) is 18.7 Å². The number of nitrogens with zero attached hydrogens (tertiary/aromatic N) is 3. The molecule has 3 heterocycles. The number of halogens is 3. The SMILES string of the molecule is Cc1coc(NC(=O)c2ncccc2OC[C@H]2CCCN2C(=O)[C@H]2CC[C@H](C(F)(F)F)CC2)n1. The van der Waals surface area contributed by atoms with Gasteiger partial charge in [-0.25, -0.2) is 4.98 Å². The summed E-state index contributed by atoms with van der Waals surface area (Å²) in [5.74, 6) is -2.09. The lowest BCUT2D eigenvalue weighted by atomic mass is 9.81. The molecule has 4 rings (SSSR count). The lowest BCUT2D eigenvalue weighted by Gasteiger charge is -2.33. The van der Waals surface area contributed by atoms with Gasteiger partial charge in [0.05, 0.1) is 17.7 Å². The number of aryl methyl sites for hydroxylation is 1. The molecule has 2 aliphatic rings. The maximum absolute atomic E-state index is 13.1. The number of likely N-dealkylation sites (tertiary alicyclic amines) is 1. The van der Waals surface area contributed by atoms with E-state index in [9.17, 15) is 22.8 Å². The number of anilines is 1. The molecule has 0 spiro atoms. The van der Waals surface area contributed by atoms with Crippen LogP contribution in [0.25, 0.3) is 0 Å². The van der Waals surface area contributed by atoms with Crippen LogP contribution in [0.3, 0.4) is 0 Å². The lowest BCUT2D eigenvalue weighted by molar-refractivity contribution is -0.185. The molecule has 0 unspecified atom stereocenters. The Balaban J connectivity index is 1.35. The van der Waals surface area contributed by atoms with Crippen molar-refractivity contribution in [3.63, 3.8) is 0 Å². The third-order valence-corrected chi connectivity index (χ3v) is 6.46. The Morgan fingerprint density at radius 2 is 2.00 bits per heavy atom. The fourth-order valence-electron chi connectivity index (χ4n) is 4.63. The molecule has 0 aromatic carbocycles. The summed E-state index contributed by atoms with van der Waals surface area (Å²) in [7, 11) is 0. The fourth-order valence-corrected chi connectivity index (χ4v) is 4.63. The maximum atomic E-state index is 13.1. The predicted molar refractivity (Wildman–Crippen MR) is 115 cm³/mol. The van der Waals surface area contributed by atoms with Crippen LogP contribution in [-0.4, -0.2) is 52.1 Å². The number of alkyl halides is 3. The third-order valence-electron chi connectivity index (χ3n) is 6.46. The van der Waals surface area contributed by atoms with Crippen LogP contribution in [0.4, 0.5) is 19.2 Å². The van der Waals surface area contributed by atoms with Gasteiger partial charge in [-0.2, -0.15) is 18.2 Å². The quantitative estimate of drug-likeness (QED) is 0.660. The topological polar surface area (TPSA) is 97.6 Å². The number of rotatable bonds is 6. The highest BCUT2D eigenvalue weighted by Crippen LogP contribution is 2.40. The van der Waals surface area contributed by atoms with Crippen molar-refractivity contribution in [2.75, 3.05) is 18.5 Å². The van der Waals surface area contributed by atoms with Crippen molar-refractivity contribution in [1.29, 1.82) is 0 Å². The number of nitrogens with one attached hydrogen (secondary N) is 1. The maximum Gasteiger partial charge on any atom is 0.391 e. The number of oxazole rings is 1. The van der Waals surface area contributed by atoms with Gasteiger partial charge in [0.2, 0.25) is 5.91 Å². The Morgan fingerprint density at radius 3 is 2.68 bits per heavy atom. The molecule has 184 valence electrons. The Bertz CT molecular complexity index is 1020. The van der Waals surface area contributed by atoms with E-state index in [4.69, 9.17) is 9.15 Å². The van der Waals surface area contributed by atoms with Gasteiger partial charge in [-0.05, 0) is 57.6 Å². The van der Waals surface area contributed by atoms with E-state index < -0.39 is 18.0 Å². The van der Waals surface area contributed by atoms with Gasteiger partial charge >= 0.3 is 12.2 Å². The van der Waals surface area contributed by atoms with Gasteiger partial charge in [-0.3, -0.25) is 14.9 Å². The molecule has 8 nitrogen and oxygen atoms in total. The zero-order valence-electron chi connectivity index (χ0n) is 18.8. The molecule has 1 aliphatic heterocycles. The van der Waals surface area contributed by atoms with E-state index in [2.05, 4.69) is 15.3 Å². The molecule has 1 atom stereocenters. The van der Waals surface area contributed by atoms with Crippen LogP contribution in [0.1, 0.15) is 54.7 Å². The van der Waals surface area contributed by atoms with Gasteiger partial charge in [-0.1, -0.05) is 0 Å². The first-order valence-electron chi connectivity index (χ1n) is 11.4. The van der Waals surface area contributed by atoms with Crippen molar-refractivity contribution in [1.82, 2.24) is 14.9 Å². The Morgan fingerprint density at radius 1 is 1.24 bits per heavy atom. The largest absolute Gasteiger partial charge is 0.489 e. The number of hydrogen-bond acceptors (Lipinski definition) is 6. The first-order valence-corrected chi connectivity index (χ1v) is 11.4. The van der Waals surface area contributed by atoms with Gasteiger partial charge in [0.15, 0.2) is 11.4 Å². The number of hydrogen-bond donors (Lipinski definition) is 1. The fraction of sp³-hybridized carbons (Fsp3) is 0.565. The molecule has 0 bridgehead atoms. The number of amides is 2. The molecule has 1 saturated heterocycles. The number of ether oxygens (including phenoxy) is 1. The molecule has 0 radical (unpaired) electrons. The van der Waals surface area contributed by atoms with Crippen LogP contribution in [-0.2, 0) is 4.79 Å². The van der Waals surface area contributed by atoms with Crippen LogP contribution in [0.2, 0.25) is 0 Å². The molecule has 2 aromatic heterocycles. The van der Waals surface area contributed by atoms with Gasteiger partial charge in [0.25, 0.3) is 5.91 Å². The predicted octanol–water partition coefficient (Wildman–Crippen LogP) is 4.37. The van der Waals surface area contributed by atoms with E-state index in [0.717, 1.165) is 12.8 Å². The average molecular weight is 480 g/mol. The second-order valence-electron chi connectivity index (χ2n) is 8.83.